The molecular weight excluding hydrogens is 314 g/mol. The van der Waals surface area contributed by atoms with E-state index in [2.05, 4.69) is 36.8 Å². The van der Waals surface area contributed by atoms with Gasteiger partial charge in [0, 0.05) is 32.5 Å². The summed E-state index contributed by atoms with van der Waals surface area (Å²) in [4.78, 5) is 14.5. The van der Waals surface area contributed by atoms with Crippen molar-refractivity contribution in [2.24, 2.45) is 0 Å². The summed E-state index contributed by atoms with van der Waals surface area (Å²) in [5, 5.41) is 8.71. The van der Waals surface area contributed by atoms with Crippen LogP contribution < -0.4 is 0 Å². The SMILES string of the molecule is C/C(=C\c1c(Br)cncc1Br)C(=O)O. The van der Waals surface area contributed by atoms with Crippen molar-refractivity contribution in [1.29, 1.82) is 0 Å². The van der Waals surface area contributed by atoms with Crippen molar-refractivity contribution in [3.63, 3.8) is 0 Å². The zero-order chi connectivity index (χ0) is 10.7. The number of aromatic nitrogens is 1. The minimum atomic E-state index is -0.930. The number of carboxylic acid groups (broad SMARTS) is 1. The minimum absolute atomic E-state index is 0.276. The third-order valence-electron chi connectivity index (χ3n) is 1.59. The Balaban J connectivity index is 3.20. The van der Waals surface area contributed by atoms with Gasteiger partial charge in [-0.05, 0) is 44.9 Å². The maximum atomic E-state index is 10.6. The van der Waals surface area contributed by atoms with Crippen molar-refractivity contribution in [2.75, 3.05) is 0 Å². The molecule has 1 rings (SSSR count). The zero-order valence-corrected chi connectivity index (χ0v) is 10.5. The first kappa shape index (κ1) is 11.4. The van der Waals surface area contributed by atoms with Gasteiger partial charge in [0.05, 0.1) is 0 Å². The monoisotopic (exact) mass is 319 g/mol. The Labute approximate surface area is 98.1 Å². The molecule has 1 N–H and O–H groups in total. The number of rotatable bonds is 2. The molecule has 0 aliphatic carbocycles. The molecule has 1 aromatic rings. The van der Waals surface area contributed by atoms with Gasteiger partial charge in [0.1, 0.15) is 0 Å². The molecule has 0 bridgehead atoms. The van der Waals surface area contributed by atoms with E-state index in [0.717, 1.165) is 14.5 Å². The van der Waals surface area contributed by atoms with Gasteiger partial charge in [0.15, 0.2) is 0 Å². The number of pyridine rings is 1. The number of aliphatic carboxylic acids is 1. The van der Waals surface area contributed by atoms with Gasteiger partial charge in [-0.15, -0.1) is 0 Å². The molecule has 5 heteroatoms. The first-order valence-corrected chi connectivity index (χ1v) is 5.31. The number of halogens is 2. The summed E-state index contributed by atoms with van der Waals surface area (Å²) in [6, 6.07) is 0. The highest BCUT2D eigenvalue weighted by atomic mass is 79.9. The number of carbonyl (C=O) groups is 1. The van der Waals surface area contributed by atoms with Crippen molar-refractivity contribution in [3.8, 4) is 0 Å². The Hall–Kier alpha value is -0.680. The number of hydrogen-bond donors (Lipinski definition) is 1. The van der Waals surface area contributed by atoms with Crippen molar-refractivity contribution < 1.29 is 9.90 Å². The lowest BCUT2D eigenvalue weighted by atomic mass is 10.2. The average Bonchev–Trinajstić information content (AvgIpc) is 2.11. The van der Waals surface area contributed by atoms with E-state index in [9.17, 15) is 4.79 Å². The van der Waals surface area contributed by atoms with Gasteiger partial charge in [-0.2, -0.15) is 0 Å². The molecule has 0 unspecified atom stereocenters. The predicted molar refractivity (Wildman–Crippen MR) is 60.9 cm³/mol. The van der Waals surface area contributed by atoms with E-state index in [1.165, 1.54) is 0 Å². The Morgan fingerprint density at radius 1 is 1.43 bits per heavy atom. The van der Waals surface area contributed by atoms with E-state index in [4.69, 9.17) is 5.11 Å². The van der Waals surface area contributed by atoms with Crippen molar-refractivity contribution in [3.05, 3.63) is 32.5 Å². The van der Waals surface area contributed by atoms with Crippen molar-refractivity contribution >= 4 is 43.9 Å². The fraction of sp³-hybridized carbons (Fsp3) is 0.111. The lowest BCUT2D eigenvalue weighted by Gasteiger charge is -2.01. The van der Waals surface area contributed by atoms with Gasteiger partial charge in [-0.1, -0.05) is 0 Å². The van der Waals surface area contributed by atoms with Gasteiger partial charge < -0.3 is 5.11 Å². The number of nitrogens with zero attached hydrogens (tertiary/aromatic N) is 1. The quantitative estimate of drug-likeness (QED) is 0.852. The molecule has 0 amide bonds. The molecule has 0 aliphatic rings. The van der Waals surface area contributed by atoms with Crippen LogP contribution in [0.1, 0.15) is 12.5 Å². The molecule has 0 atom stereocenters. The normalized spacial score (nSPS) is 11.5. The van der Waals surface area contributed by atoms with Crippen LogP contribution in [0, 0.1) is 0 Å². The molecule has 0 radical (unpaired) electrons. The third kappa shape index (κ3) is 2.65. The standard InChI is InChI=1S/C9H7Br2NO2/c1-5(9(13)14)2-6-7(10)3-12-4-8(6)11/h2-4H,1H3,(H,13,14)/b5-2+. The lowest BCUT2D eigenvalue weighted by Crippen LogP contribution is -1.96. The molecule has 74 valence electrons. The zero-order valence-electron chi connectivity index (χ0n) is 7.29. The van der Waals surface area contributed by atoms with Gasteiger partial charge in [-0.25, -0.2) is 4.79 Å². The van der Waals surface area contributed by atoms with Crippen LogP contribution in [0.5, 0.6) is 0 Å². The Morgan fingerprint density at radius 2 is 1.93 bits per heavy atom. The first-order chi connectivity index (χ1) is 6.52. The summed E-state index contributed by atoms with van der Waals surface area (Å²) < 4.78 is 1.51. The van der Waals surface area contributed by atoms with E-state index in [1.54, 1.807) is 25.4 Å². The first-order valence-electron chi connectivity index (χ1n) is 3.73. The third-order valence-corrected chi connectivity index (χ3v) is 2.85. The van der Waals surface area contributed by atoms with Gasteiger partial charge in [0.25, 0.3) is 0 Å². The van der Waals surface area contributed by atoms with Gasteiger partial charge in [-0.3, -0.25) is 4.98 Å². The highest BCUT2D eigenvalue weighted by Gasteiger charge is 2.05. The highest BCUT2D eigenvalue weighted by molar-refractivity contribution is 9.11. The van der Waals surface area contributed by atoms with E-state index in [1.807, 2.05) is 0 Å². The predicted octanol–water partition coefficient (Wildman–Crippen LogP) is 3.09. The summed E-state index contributed by atoms with van der Waals surface area (Å²) in [6.07, 6.45) is 4.82. The van der Waals surface area contributed by atoms with Crippen LogP contribution in [-0.2, 0) is 4.79 Å². The Kier molecular flexibility index (Phi) is 3.83. The van der Waals surface area contributed by atoms with Crippen LogP contribution in [0.2, 0.25) is 0 Å². The minimum Gasteiger partial charge on any atom is -0.478 e. The molecule has 0 saturated heterocycles. The molecule has 0 aliphatic heterocycles. The molecule has 0 fully saturated rings. The average molecular weight is 321 g/mol. The van der Waals surface area contributed by atoms with E-state index >= 15 is 0 Å². The largest absolute Gasteiger partial charge is 0.478 e. The fourth-order valence-electron chi connectivity index (χ4n) is 0.837. The van der Waals surface area contributed by atoms with Crippen molar-refractivity contribution in [2.45, 2.75) is 6.92 Å². The molecule has 14 heavy (non-hydrogen) atoms. The molecular formula is C9H7Br2NO2. The van der Waals surface area contributed by atoms with Crippen LogP contribution in [-0.4, -0.2) is 16.1 Å². The molecule has 3 nitrogen and oxygen atoms in total. The van der Waals surface area contributed by atoms with Crippen LogP contribution in [0.25, 0.3) is 6.08 Å². The van der Waals surface area contributed by atoms with Crippen molar-refractivity contribution in [1.82, 2.24) is 4.98 Å². The highest BCUT2D eigenvalue weighted by Crippen LogP contribution is 2.26. The number of hydrogen-bond acceptors (Lipinski definition) is 2. The smallest absolute Gasteiger partial charge is 0.331 e. The maximum absolute atomic E-state index is 10.6. The summed E-state index contributed by atoms with van der Waals surface area (Å²) in [7, 11) is 0. The summed E-state index contributed by atoms with van der Waals surface area (Å²) in [5.41, 5.74) is 1.05. The maximum Gasteiger partial charge on any atom is 0.331 e. The van der Waals surface area contributed by atoms with E-state index in [0.29, 0.717) is 0 Å². The van der Waals surface area contributed by atoms with Gasteiger partial charge >= 0.3 is 5.97 Å². The molecule has 0 spiro atoms. The summed E-state index contributed by atoms with van der Waals surface area (Å²) in [6.45, 7) is 1.54. The second-order valence-electron chi connectivity index (χ2n) is 2.65. The molecule has 1 heterocycles. The number of carboxylic acids is 1. The van der Waals surface area contributed by atoms with E-state index in [-0.39, 0.29) is 5.57 Å². The Bertz CT molecular complexity index is 382. The molecule has 0 aromatic carbocycles. The lowest BCUT2D eigenvalue weighted by molar-refractivity contribution is -0.132. The van der Waals surface area contributed by atoms with Crippen LogP contribution in [0.4, 0.5) is 0 Å². The molecule has 1 aromatic heterocycles. The fourth-order valence-corrected chi connectivity index (χ4v) is 2.00. The van der Waals surface area contributed by atoms with Crippen LogP contribution in [0.3, 0.4) is 0 Å². The summed E-state index contributed by atoms with van der Waals surface area (Å²) >= 11 is 6.59. The Morgan fingerprint density at radius 3 is 2.36 bits per heavy atom. The second-order valence-corrected chi connectivity index (χ2v) is 4.36. The van der Waals surface area contributed by atoms with Crippen LogP contribution >= 0.6 is 31.9 Å². The van der Waals surface area contributed by atoms with E-state index < -0.39 is 5.97 Å². The summed E-state index contributed by atoms with van der Waals surface area (Å²) in [5.74, 6) is -0.930. The molecule has 0 saturated carbocycles. The topological polar surface area (TPSA) is 50.2 Å². The second kappa shape index (κ2) is 4.70. The van der Waals surface area contributed by atoms with Crippen LogP contribution in [0.15, 0.2) is 26.9 Å². The van der Waals surface area contributed by atoms with Gasteiger partial charge in [0.2, 0.25) is 0 Å².